The van der Waals surface area contributed by atoms with Gasteiger partial charge in [-0.2, -0.15) is 0 Å². The van der Waals surface area contributed by atoms with Gasteiger partial charge >= 0.3 is 0 Å². The maximum absolute atomic E-state index is 11.6. The highest BCUT2D eigenvalue weighted by atomic mass is 35.5. The zero-order chi connectivity index (χ0) is 14.4. The van der Waals surface area contributed by atoms with Gasteiger partial charge in [-0.3, -0.25) is 4.79 Å². The molecule has 0 saturated carbocycles. The number of aryl methyl sites for hydroxylation is 1. The van der Waals surface area contributed by atoms with Crippen LogP contribution in [0.25, 0.3) is 0 Å². The molecular weight excluding hydrogens is 268 g/mol. The fourth-order valence-electron chi connectivity index (χ4n) is 3.19. The van der Waals surface area contributed by atoms with Crippen molar-refractivity contribution in [2.75, 3.05) is 5.88 Å². The average molecular weight is 293 g/mol. The van der Waals surface area contributed by atoms with Crippen LogP contribution in [0, 0.1) is 5.92 Å². The zero-order valence-electron chi connectivity index (χ0n) is 12.5. The van der Waals surface area contributed by atoms with Gasteiger partial charge < -0.3 is 0 Å². The Hall–Kier alpha value is -0.820. The minimum atomic E-state index is 0.0381. The highest BCUT2D eigenvalue weighted by Gasteiger charge is 2.19. The molecular formula is C18H25ClO. The Kier molecular flexibility index (Phi) is 6.09. The first-order valence-electron chi connectivity index (χ1n) is 7.95. The molecule has 0 N–H and O–H groups in total. The van der Waals surface area contributed by atoms with E-state index >= 15 is 0 Å². The highest BCUT2D eigenvalue weighted by molar-refractivity contribution is 6.30. The molecule has 0 amide bonds. The Morgan fingerprint density at radius 2 is 2.10 bits per heavy atom. The first kappa shape index (κ1) is 15.6. The van der Waals surface area contributed by atoms with Gasteiger partial charge in [0.1, 0.15) is 0 Å². The van der Waals surface area contributed by atoms with Crippen LogP contribution in [0.5, 0.6) is 0 Å². The van der Waals surface area contributed by atoms with Gasteiger partial charge in [-0.15, -0.1) is 11.6 Å². The van der Waals surface area contributed by atoms with Gasteiger partial charge in [0.15, 0.2) is 5.78 Å². The van der Waals surface area contributed by atoms with Crippen LogP contribution < -0.4 is 0 Å². The number of hydrogen-bond acceptors (Lipinski definition) is 1. The fourth-order valence-corrected chi connectivity index (χ4v) is 3.34. The van der Waals surface area contributed by atoms with E-state index in [4.69, 9.17) is 11.6 Å². The normalized spacial score (nSPS) is 17.8. The third kappa shape index (κ3) is 4.09. The van der Waals surface area contributed by atoms with E-state index in [1.165, 1.54) is 56.1 Å². The quantitative estimate of drug-likeness (QED) is 0.384. The monoisotopic (exact) mass is 292 g/mol. The number of Topliss-reactive ketones (excluding diaryl/α,β-unsaturated/α-hetero) is 1. The summed E-state index contributed by atoms with van der Waals surface area (Å²) in [5, 5.41) is 0. The third-order valence-corrected chi connectivity index (χ3v) is 4.69. The smallest absolute Gasteiger partial charge is 0.177 e. The lowest BCUT2D eigenvalue weighted by Crippen LogP contribution is -2.15. The van der Waals surface area contributed by atoms with Crippen molar-refractivity contribution in [3.05, 3.63) is 34.9 Å². The van der Waals surface area contributed by atoms with E-state index < -0.39 is 0 Å². The summed E-state index contributed by atoms with van der Waals surface area (Å²) < 4.78 is 0. The summed E-state index contributed by atoms with van der Waals surface area (Å²) in [6, 6.07) is 6.16. The van der Waals surface area contributed by atoms with Crippen molar-refractivity contribution in [3.63, 3.8) is 0 Å². The number of alkyl halides is 1. The van der Waals surface area contributed by atoms with Gasteiger partial charge in [0.05, 0.1) is 5.88 Å². The number of rotatable bonds is 7. The molecule has 0 aliphatic heterocycles. The molecule has 0 spiro atoms. The Morgan fingerprint density at radius 3 is 2.85 bits per heavy atom. The van der Waals surface area contributed by atoms with Crippen LogP contribution in [0.1, 0.15) is 66.9 Å². The van der Waals surface area contributed by atoms with E-state index in [0.717, 1.165) is 17.9 Å². The van der Waals surface area contributed by atoms with E-state index in [2.05, 4.69) is 19.1 Å². The van der Waals surface area contributed by atoms with Crippen molar-refractivity contribution < 1.29 is 4.79 Å². The second-order valence-corrected chi connectivity index (χ2v) is 6.27. The third-order valence-electron chi connectivity index (χ3n) is 4.45. The molecule has 0 saturated heterocycles. The highest BCUT2D eigenvalue weighted by Crippen LogP contribution is 2.29. The molecule has 1 aliphatic rings. The van der Waals surface area contributed by atoms with E-state index in [0.29, 0.717) is 0 Å². The van der Waals surface area contributed by atoms with Gasteiger partial charge in [0.25, 0.3) is 0 Å². The molecule has 1 atom stereocenters. The van der Waals surface area contributed by atoms with Crippen molar-refractivity contribution in [2.24, 2.45) is 5.92 Å². The first-order valence-corrected chi connectivity index (χ1v) is 8.49. The minimum Gasteiger partial charge on any atom is -0.293 e. The summed E-state index contributed by atoms with van der Waals surface area (Å²) in [6.07, 6.45) is 10.4. The number of ketones is 1. The number of benzene rings is 1. The number of hydrogen-bond donors (Lipinski definition) is 0. The molecule has 1 aromatic rings. The fraction of sp³-hybridized carbons (Fsp3) is 0.611. The van der Waals surface area contributed by atoms with E-state index in [9.17, 15) is 4.79 Å². The molecule has 0 radical (unpaired) electrons. The number of unbranched alkanes of at least 4 members (excludes halogenated alkanes) is 3. The molecule has 110 valence electrons. The van der Waals surface area contributed by atoms with Crippen LogP contribution in [0.3, 0.4) is 0 Å². The average Bonchev–Trinajstić information content (AvgIpc) is 2.50. The van der Waals surface area contributed by atoms with Crippen molar-refractivity contribution in [3.8, 4) is 0 Å². The van der Waals surface area contributed by atoms with Gasteiger partial charge in [-0.25, -0.2) is 0 Å². The molecule has 0 aromatic heterocycles. The van der Waals surface area contributed by atoms with Crippen LogP contribution in [-0.4, -0.2) is 11.7 Å². The zero-order valence-corrected chi connectivity index (χ0v) is 13.2. The minimum absolute atomic E-state index is 0.0381. The van der Waals surface area contributed by atoms with E-state index in [1.807, 2.05) is 6.07 Å². The van der Waals surface area contributed by atoms with Gasteiger partial charge in [0.2, 0.25) is 0 Å². The molecule has 2 rings (SSSR count). The predicted molar refractivity (Wildman–Crippen MR) is 85.8 cm³/mol. The molecule has 1 aromatic carbocycles. The summed E-state index contributed by atoms with van der Waals surface area (Å²) in [7, 11) is 0. The van der Waals surface area contributed by atoms with Crippen molar-refractivity contribution in [1.82, 2.24) is 0 Å². The predicted octanol–water partition coefficient (Wildman–Crippen LogP) is 5.18. The van der Waals surface area contributed by atoms with Gasteiger partial charge in [-0.05, 0) is 42.4 Å². The van der Waals surface area contributed by atoms with E-state index in [1.54, 1.807) is 0 Å². The van der Waals surface area contributed by atoms with Crippen LogP contribution in [0.15, 0.2) is 18.2 Å². The van der Waals surface area contributed by atoms with Gasteiger partial charge in [-0.1, -0.05) is 51.2 Å². The summed E-state index contributed by atoms with van der Waals surface area (Å²) >= 11 is 5.63. The number of carbonyl (C=O) groups excluding carboxylic acids is 1. The van der Waals surface area contributed by atoms with Crippen LogP contribution in [0.4, 0.5) is 0 Å². The SMILES string of the molecule is CCCCCCC1CCc2cc(C(=O)CCl)ccc2C1. The van der Waals surface area contributed by atoms with Crippen LogP contribution >= 0.6 is 11.6 Å². The Morgan fingerprint density at radius 1 is 1.25 bits per heavy atom. The van der Waals surface area contributed by atoms with Crippen LogP contribution in [0.2, 0.25) is 0 Å². The Bertz CT molecular complexity index is 453. The second-order valence-electron chi connectivity index (χ2n) is 6.00. The lowest BCUT2D eigenvalue weighted by molar-refractivity contribution is 0.102. The summed E-state index contributed by atoms with van der Waals surface area (Å²) in [6.45, 7) is 2.26. The van der Waals surface area contributed by atoms with Crippen molar-refractivity contribution in [2.45, 2.75) is 58.3 Å². The number of fused-ring (bicyclic) bond motifs is 1. The number of carbonyl (C=O) groups is 1. The lowest BCUT2D eigenvalue weighted by atomic mass is 9.80. The largest absolute Gasteiger partial charge is 0.293 e. The summed E-state index contributed by atoms with van der Waals surface area (Å²) in [4.78, 5) is 11.6. The molecule has 20 heavy (non-hydrogen) atoms. The van der Waals surface area contributed by atoms with Crippen molar-refractivity contribution >= 4 is 17.4 Å². The molecule has 0 bridgehead atoms. The molecule has 2 heteroatoms. The Balaban J connectivity index is 1.92. The van der Waals surface area contributed by atoms with Crippen LogP contribution in [-0.2, 0) is 12.8 Å². The molecule has 1 aliphatic carbocycles. The molecule has 1 nitrogen and oxygen atoms in total. The molecule has 1 unspecified atom stereocenters. The molecule has 0 heterocycles. The summed E-state index contributed by atoms with van der Waals surface area (Å²) in [5.41, 5.74) is 3.59. The maximum atomic E-state index is 11.6. The standard InChI is InChI=1S/C18H25ClO/c1-2-3-4-5-6-14-7-8-16-12-17(18(20)13-19)10-9-15(16)11-14/h9-10,12,14H,2-8,11,13H2,1H3. The lowest BCUT2D eigenvalue weighted by Gasteiger charge is -2.25. The maximum Gasteiger partial charge on any atom is 0.177 e. The number of halogens is 1. The topological polar surface area (TPSA) is 17.1 Å². The first-order chi connectivity index (χ1) is 9.74. The molecule has 0 fully saturated rings. The van der Waals surface area contributed by atoms with E-state index in [-0.39, 0.29) is 11.7 Å². The second kappa shape index (κ2) is 7.83. The van der Waals surface area contributed by atoms with Crippen molar-refractivity contribution in [1.29, 1.82) is 0 Å². The van der Waals surface area contributed by atoms with Gasteiger partial charge in [0, 0.05) is 5.56 Å². The summed E-state index contributed by atoms with van der Waals surface area (Å²) in [5.74, 6) is 0.962. The Labute approximate surface area is 127 Å².